The van der Waals surface area contributed by atoms with Crippen molar-refractivity contribution in [3.63, 3.8) is 0 Å². The second-order valence-corrected chi connectivity index (χ2v) is 5.38. The SMILES string of the molecule is COc1ccc(C2c3ccccc3-c3ccccc32)cc1. The maximum atomic E-state index is 5.27. The second-order valence-electron chi connectivity index (χ2n) is 5.38. The van der Waals surface area contributed by atoms with Crippen LogP contribution in [-0.4, -0.2) is 7.11 Å². The summed E-state index contributed by atoms with van der Waals surface area (Å²) in [4.78, 5) is 0. The van der Waals surface area contributed by atoms with Crippen molar-refractivity contribution in [2.24, 2.45) is 0 Å². The van der Waals surface area contributed by atoms with Gasteiger partial charge in [0, 0.05) is 5.92 Å². The van der Waals surface area contributed by atoms with Crippen LogP contribution in [0.4, 0.5) is 0 Å². The van der Waals surface area contributed by atoms with Gasteiger partial charge in [-0.25, -0.2) is 0 Å². The molecule has 3 aromatic rings. The van der Waals surface area contributed by atoms with E-state index in [1.807, 2.05) is 12.1 Å². The van der Waals surface area contributed by atoms with Gasteiger partial charge in [-0.3, -0.25) is 0 Å². The van der Waals surface area contributed by atoms with Crippen LogP contribution in [0.15, 0.2) is 72.8 Å². The van der Waals surface area contributed by atoms with Crippen LogP contribution in [0, 0.1) is 0 Å². The van der Waals surface area contributed by atoms with E-state index in [1.165, 1.54) is 27.8 Å². The van der Waals surface area contributed by atoms with Gasteiger partial charge in [0.25, 0.3) is 0 Å². The molecule has 0 atom stereocenters. The fourth-order valence-electron chi connectivity index (χ4n) is 3.31. The highest BCUT2D eigenvalue weighted by Gasteiger charge is 2.28. The van der Waals surface area contributed by atoms with Crippen LogP contribution in [0.1, 0.15) is 22.6 Å². The zero-order valence-electron chi connectivity index (χ0n) is 11.9. The molecular formula is C20H16O. The van der Waals surface area contributed by atoms with Crippen LogP contribution < -0.4 is 4.74 Å². The lowest BCUT2D eigenvalue weighted by Gasteiger charge is -2.14. The molecule has 0 aromatic heterocycles. The molecule has 21 heavy (non-hydrogen) atoms. The predicted molar refractivity (Wildman–Crippen MR) is 85.8 cm³/mol. The highest BCUT2D eigenvalue weighted by atomic mass is 16.5. The molecular weight excluding hydrogens is 256 g/mol. The van der Waals surface area contributed by atoms with E-state index in [2.05, 4.69) is 60.7 Å². The molecule has 0 unspecified atom stereocenters. The molecule has 0 amide bonds. The summed E-state index contributed by atoms with van der Waals surface area (Å²) >= 11 is 0. The van der Waals surface area contributed by atoms with Gasteiger partial charge in [0.2, 0.25) is 0 Å². The Morgan fingerprint density at radius 3 is 1.71 bits per heavy atom. The maximum Gasteiger partial charge on any atom is 0.118 e. The Balaban J connectivity index is 1.91. The Bertz CT molecular complexity index is 741. The van der Waals surface area contributed by atoms with E-state index in [-0.39, 0.29) is 0 Å². The number of benzene rings is 3. The average molecular weight is 272 g/mol. The number of rotatable bonds is 2. The lowest BCUT2D eigenvalue weighted by Crippen LogP contribution is -1.98. The molecule has 0 N–H and O–H groups in total. The minimum absolute atomic E-state index is 0.323. The van der Waals surface area contributed by atoms with Gasteiger partial charge in [-0.05, 0) is 39.9 Å². The van der Waals surface area contributed by atoms with Crippen LogP contribution in [0.5, 0.6) is 5.75 Å². The Morgan fingerprint density at radius 2 is 1.19 bits per heavy atom. The van der Waals surface area contributed by atoms with E-state index in [9.17, 15) is 0 Å². The minimum atomic E-state index is 0.323. The lowest BCUT2D eigenvalue weighted by molar-refractivity contribution is 0.414. The Hall–Kier alpha value is -2.54. The quantitative estimate of drug-likeness (QED) is 0.506. The molecule has 102 valence electrons. The van der Waals surface area contributed by atoms with Crippen molar-refractivity contribution in [1.29, 1.82) is 0 Å². The Morgan fingerprint density at radius 1 is 0.667 bits per heavy atom. The molecule has 3 aromatic carbocycles. The van der Waals surface area contributed by atoms with Gasteiger partial charge in [0.1, 0.15) is 5.75 Å². The van der Waals surface area contributed by atoms with Crippen LogP contribution in [-0.2, 0) is 0 Å². The molecule has 4 rings (SSSR count). The first-order valence-electron chi connectivity index (χ1n) is 7.20. The molecule has 0 saturated heterocycles. The van der Waals surface area contributed by atoms with Crippen molar-refractivity contribution in [2.75, 3.05) is 7.11 Å². The summed E-state index contributed by atoms with van der Waals surface area (Å²) in [6, 6.07) is 25.8. The van der Waals surface area contributed by atoms with Crippen molar-refractivity contribution in [3.8, 4) is 16.9 Å². The number of methoxy groups -OCH3 is 1. The van der Waals surface area contributed by atoms with Gasteiger partial charge in [-0.15, -0.1) is 0 Å². The Kier molecular flexibility index (Phi) is 2.78. The molecule has 0 saturated carbocycles. The van der Waals surface area contributed by atoms with E-state index >= 15 is 0 Å². The number of hydrogen-bond donors (Lipinski definition) is 0. The van der Waals surface area contributed by atoms with Crippen LogP contribution in [0.25, 0.3) is 11.1 Å². The molecule has 0 heterocycles. The van der Waals surface area contributed by atoms with E-state index in [0.29, 0.717) is 5.92 Å². The van der Waals surface area contributed by atoms with E-state index in [4.69, 9.17) is 4.74 Å². The summed E-state index contributed by atoms with van der Waals surface area (Å²) in [6.07, 6.45) is 0. The molecule has 0 aliphatic heterocycles. The molecule has 0 bridgehead atoms. The summed E-state index contributed by atoms with van der Waals surface area (Å²) in [5.74, 6) is 1.22. The normalized spacial score (nSPS) is 12.8. The Labute approximate surface area is 124 Å². The standard InChI is InChI=1S/C20H16O/c1-21-15-12-10-14(11-13-15)20-18-8-4-2-6-16(18)17-7-3-5-9-19(17)20/h2-13,20H,1H3. The first-order valence-corrected chi connectivity index (χ1v) is 7.20. The van der Waals surface area contributed by atoms with E-state index in [0.717, 1.165) is 5.75 Å². The molecule has 1 aliphatic rings. The van der Waals surface area contributed by atoms with Crippen LogP contribution in [0.3, 0.4) is 0 Å². The number of hydrogen-bond acceptors (Lipinski definition) is 1. The van der Waals surface area contributed by atoms with Gasteiger partial charge >= 0.3 is 0 Å². The molecule has 1 nitrogen and oxygen atoms in total. The molecule has 1 aliphatic carbocycles. The first-order chi connectivity index (χ1) is 10.4. The van der Waals surface area contributed by atoms with E-state index in [1.54, 1.807) is 7.11 Å². The third kappa shape index (κ3) is 1.85. The zero-order chi connectivity index (χ0) is 14.2. The topological polar surface area (TPSA) is 9.23 Å². The highest BCUT2D eigenvalue weighted by molar-refractivity contribution is 5.80. The average Bonchev–Trinajstić information content (AvgIpc) is 2.90. The fraction of sp³-hybridized carbons (Fsp3) is 0.100. The van der Waals surface area contributed by atoms with Crippen molar-refractivity contribution in [3.05, 3.63) is 89.5 Å². The summed E-state index contributed by atoms with van der Waals surface area (Å²) in [5, 5.41) is 0. The van der Waals surface area contributed by atoms with E-state index < -0.39 is 0 Å². The van der Waals surface area contributed by atoms with Crippen molar-refractivity contribution < 1.29 is 4.74 Å². The minimum Gasteiger partial charge on any atom is -0.497 e. The first kappa shape index (κ1) is 12.2. The van der Waals surface area contributed by atoms with Gasteiger partial charge in [-0.1, -0.05) is 60.7 Å². The van der Waals surface area contributed by atoms with Gasteiger partial charge in [0.05, 0.1) is 7.11 Å². The maximum absolute atomic E-state index is 5.27. The highest BCUT2D eigenvalue weighted by Crippen LogP contribution is 2.47. The zero-order valence-corrected chi connectivity index (χ0v) is 11.9. The second kappa shape index (κ2) is 4.78. The summed E-state index contributed by atoms with van der Waals surface area (Å²) in [7, 11) is 1.70. The van der Waals surface area contributed by atoms with Gasteiger partial charge in [0.15, 0.2) is 0 Å². The number of fused-ring (bicyclic) bond motifs is 3. The van der Waals surface area contributed by atoms with Crippen molar-refractivity contribution in [2.45, 2.75) is 5.92 Å². The third-order valence-corrected chi connectivity index (χ3v) is 4.28. The predicted octanol–water partition coefficient (Wildman–Crippen LogP) is 4.86. The monoisotopic (exact) mass is 272 g/mol. The number of ether oxygens (including phenoxy) is 1. The van der Waals surface area contributed by atoms with Gasteiger partial charge in [-0.2, -0.15) is 0 Å². The molecule has 1 heteroatoms. The molecule has 0 fully saturated rings. The summed E-state index contributed by atoms with van der Waals surface area (Å²) in [5.41, 5.74) is 6.81. The molecule has 0 radical (unpaired) electrons. The van der Waals surface area contributed by atoms with Crippen LogP contribution in [0.2, 0.25) is 0 Å². The third-order valence-electron chi connectivity index (χ3n) is 4.28. The van der Waals surface area contributed by atoms with Crippen molar-refractivity contribution in [1.82, 2.24) is 0 Å². The summed E-state index contributed by atoms with van der Waals surface area (Å²) in [6.45, 7) is 0. The largest absolute Gasteiger partial charge is 0.497 e. The lowest BCUT2D eigenvalue weighted by atomic mass is 9.89. The summed E-state index contributed by atoms with van der Waals surface area (Å²) < 4.78 is 5.27. The smallest absolute Gasteiger partial charge is 0.118 e. The van der Waals surface area contributed by atoms with Crippen LogP contribution >= 0.6 is 0 Å². The van der Waals surface area contributed by atoms with Gasteiger partial charge < -0.3 is 4.74 Å². The van der Waals surface area contributed by atoms with Crippen molar-refractivity contribution >= 4 is 0 Å². The fourth-order valence-corrected chi connectivity index (χ4v) is 3.31. The molecule has 0 spiro atoms.